The van der Waals surface area contributed by atoms with Crippen molar-refractivity contribution in [3.8, 4) is 0 Å². The Balaban J connectivity index is 3.70. The van der Waals surface area contributed by atoms with Crippen LogP contribution >= 0.6 is 0 Å². The van der Waals surface area contributed by atoms with Crippen LogP contribution in [0.4, 0.5) is 4.79 Å². The highest BCUT2D eigenvalue weighted by Crippen LogP contribution is 1.94. The highest BCUT2D eigenvalue weighted by molar-refractivity contribution is 5.95. The monoisotopic (exact) mass is 260 g/mol. The fourth-order valence-corrected chi connectivity index (χ4v) is 0.998. The summed E-state index contributed by atoms with van der Waals surface area (Å²) in [5.41, 5.74) is 0. The zero-order chi connectivity index (χ0) is 14.0. The van der Waals surface area contributed by atoms with Crippen LogP contribution in [0.2, 0.25) is 0 Å². The Bertz CT molecular complexity index is 328. The number of hydrogen-bond donors (Lipinski definition) is 3. The maximum Gasteiger partial charge on any atom is 0.325 e. The van der Waals surface area contributed by atoms with E-state index in [1.807, 2.05) is 5.32 Å². The molecule has 0 bridgehead atoms. The van der Waals surface area contributed by atoms with E-state index in [0.717, 1.165) is 0 Å². The summed E-state index contributed by atoms with van der Waals surface area (Å²) in [6.45, 7) is 1.50. The van der Waals surface area contributed by atoms with E-state index in [1.54, 1.807) is 6.92 Å². The second-order valence-electron chi connectivity index (χ2n) is 3.28. The number of hydrogen-bond acceptors (Lipinski definition) is 5. The molecule has 0 aliphatic rings. The van der Waals surface area contributed by atoms with Gasteiger partial charge in [-0.2, -0.15) is 0 Å². The number of ether oxygens (including phenoxy) is 1. The maximum atomic E-state index is 11.1. The number of urea groups is 1. The van der Waals surface area contributed by atoms with Crippen LogP contribution in [0.15, 0.2) is 0 Å². The van der Waals surface area contributed by atoms with Crippen LogP contribution in [0.25, 0.3) is 0 Å². The van der Waals surface area contributed by atoms with Crippen molar-refractivity contribution in [1.82, 2.24) is 10.6 Å². The molecule has 0 heterocycles. The van der Waals surface area contributed by atoms with Crippen LogP contribution in [0.1, 0.15) is 26.2 Å². The number of carbonyl (C=O) groups excluding carboxylic acids is 3. The van der Waals surface area contributed by atoms with E-state index in [9.17, 15) is 19.2 Å². The highest BCUT2D eigenvalue weighted by atomic mass is 16.5. The molecule has 8 nitrogen and oxygen atoms in total. The Morgan fingerprint density at radius 3 is 2.39 bits per heavy atom. The standard InChI is InChI=1S/C10H16N2O6/c1-2-18-9(16)6-11-10(17)12-7(13)4-3-5-8(14)15/h2-6H2,1H3,(H,14,15)(H2,11,12,13,17). The van der Waals surface area contributed by atoms with Crippen molar-refractivity contribution >= 4 is 23.9 Å². The zero-order valence-corrected chi connectivity index (χ0v) is 10.0. The summed E-state index contributed by atoms with van der Waals surface area (Å²) in [6.07, 6.45) is -0.0662. The summed E-state index contributed by atoms with van der Waals surface area (Å²) in [5, 5.41) is 12.4. The number of carboxylic acids is 1. The number of carboxylic acid groups (broad SMARTS) is 1. The van der Waals surface area contributed by atoms with Crippen LogP contribution in [-0.2, 0) is 19.1 Å². The molecule has 0 atom stereocenters. The van der Waals surface area contributed by atoms with Gasteiger partial charge >= 0.3 is 18.0 Å². The van der Waals surface area contributed by atoms with Crippen molar-refractivity contribution in [2.24, 2.45) is 0 Å². The quantitative estimate of drug-likeness (QED) is 0.537. The van der Waals surface area contributed by atoms with Crippen molar-refractivity contribution in [2.75, 3.05) is 13.2 Å². The van der Waals surface area contributed by atoms with Crippen molar-refractivity contribution in [3.63, 3.8) is 0 Å². The first-order chi connectivity index (χ1) is 8.45. The van der Waals surface area contributed by atoms with E-state index in [-0.39, 0.29) is 32.4 Å². The Hall–Kier alpha value is -2.12. The van der Waals surface area contributed by atoms with Gasteiger partial charge in [-0.3, -0.25) is 19.7 Å². The number of esters is 1. The van der Waals surface area contributed by atoms with Gasteiger partial charge in [0.2, 0.25) is 5.91 Å². The SMILES string of the molecule is CCOC(=O)CNC(=O)NC(=O)CCCC(=O)O. The molecule has 0 rings (SSSR count). The number of amides is 3. The molecule has 0 saturated heterocycles. The third-order valence-electron chi connectivity index (χ3n) is 1.75. The summed E-state index contributed by atoms with van der Waals surface area (Å²) in [5.74, 6) is -2.21. The molecule has 3 amide bonds. The molecule has 18 heavy (non-hydrogen) atoms. The smallest absolute Gasteiger partial charge is 0.325 e. The minimum Gasteiger partial charge on any atom is -0.481 e. The summed E-state index contributed by atoms with van der Waals surface area (Å²) in [6, 6.07) is -0.816. The predicted octanol–water partition coefficient (Wildman–Crippen LogP) is -0.370. The summed E-state index contributed by atoms with van der Waals surface area (Å²) in [4.78, 5) is 43.3. The van der Waals surface area contributed by atoms with Gasteiger partial charge in [-0.05, 0) is 13.3 Å². The molecule has 0 saturated carbocycles. The summed E-state index contributed by atoms with van der Waals surface area (Å²) >= 11 is 0. The fourth-order valence-electron chi connectivity index (χ4n) is 0.998. The van der Waals surface area contributed by atoms with Crippen LogP contribution in [0, 0.1) is 0 Å². The third-order valence-corrected chi connectivity index (χ3v) is 1.75. The lowest BCUT2D eigenvalue weighted by molar-refractivity contribution is -0.142. The Kier molecular flexibility index (Phi) is 7.91. The number of imide groups is 1. The number of carbonyl (C=O) groups is 4. The molecule has 3 N–H and O–H groups in total. The van der Waals surface area contributed by atoms with Crippen molar-refractivity contribution in [2.45, 2.75) is 26.2 Å². The lowest BCUT2D eigenvalue weighted by Gasteiger charge is -2.05. The second kappa shape index (κ2) is 8.97. The second-order valence-corrected chi connectivity index (χ2v) is 3.28. The van der Waals surface area contributed by atoms with Crippen molar-refractivity contribution in [3.05, 3.63) is 0 Å². The minimum atomic E-state index is -1.01. The highest BCUT2D eigenvalue weighted by Gasteiger charge is 2.10. The fraction of sp³-hybridized carbons (Fsp3) is 0.600. The van der Waals surface area contributed by atoms with Gasteiger partial charge in [0.1, 0.15) is 6.54 Å². The van der Waals surface area contributed by atoms with Gasteiger partial charge in [-0.15, -0.1) is 0 Å². The molecule has 0 radical (unpaired) electrons. The van der Waals surface area contributed by atoms with Gasteiger partial charge in [0.25, 0.3) is 0 Å². The Labute approximate surface area is 104 Å². The summed E-state index contributed by atoms with van der Waals surface area (Å²) in [7, 11) is 0. The normalized spacial score (nSPS) is 9.39. The van der Waals surface area contributed by atoms with E-state index < -0.39 is 23.9 Å². The van der Waals surface area contributed by atoms with Gasteiger partial charge in [-0.25, -0.2) is 4.79 Å². The first-order valence-electron chi connectivity index (χ1n) is 5.40. The van der Waals surface area contributed by atoms with Gasteiger partial charge in [-0.1, -0.05) is 0 Å². The molecule has 0 aliphatic carbocycles. The molecule has 0 aromatic carbocycles. The lowest BCUT2D eigenvalue weighted by atomic mass is 10.2. The number of nitrogens with one attached hydrogen (secondary N) is 2. The van der Waals surface area contributed by atoms with E-state index >= 15 is 0 Å². The first kappa shape index (κ1) is 15.9. The Morgan fingerprint density at radius 1 is 1.17 bits per heavy atom. The van der Waals surface area contributed by atoms with Gasteiger partial charge in [0.15, 0.2) is 0 Å². The average molecular weight is 260 g/mol. The minimum absolute atomic E-state index is 0.0703. The third kappa shape index (κ3) is 9.13. The van der Waals surface area contributed by atoms with E-state index in [1.165, 1.54) is 0 Å². The van der Waals surface area contributed by atoms with Crippen LogP contribution in [0.5, 0.6) is 0 Å². The molecular formula is C10H16N2O6. The van der Waals surface area contributed by atoms with Crippen LogP contribution < -0.4 is 10.6 Å². The van der Waals surface area contributed by atoms with E-state index in [4.69, 9.17) is 5.11 Å². The van der Waals surface area contributed by atoms with Gasteiger partial charge in [0, 0.05) is 12.8 Å². The predicted molar refractivity (Wildman–Crippen MR) is 59.7 cm³/mol. The molecule has 0 aromatic rings. The molecule has 0 spiro atoms. The van der Waals surface area contributed by atoms with E-state index in [0.29, 0.717) is 0 Å². The molecule has 0 fully saturated rings. The number of rotatable bonds is 7. The molecule has 0 unspecified atom stereocenters. The average Bonchev–Trinajstić information content (AvgIpc) is 2.26. The van der Waals surface area contributed by atoms with Crippen LogP contribution in [-0.4, -0.2) is 42.1 Å². The van der Waals surface area contributed by atoms with E-state index in [2.05, 4.69) is 10.1 Å². The number of aliphatic carboxylic acids is 1. The maximum absolute atomic E-state index is 11.1. The zero-order valence-electron chi connectivity index (χ0n) is 10.0. The molecule has 0 aliphatic heterocycles. The van der Waals surface area contributed by atoms with Crippen LogP contribution in [0.3, 0.4) is 0 Å². The van der Waals surface area contributed by atoms with Crippen molar-refractivity contribution < 1.29 is 29.0 Å². The lowest BCUT2D eigenvalue weighted by Crippen LogP contribution is -2.41. The largest absolute Gasteiger partial charge is 0.481 e. The Morgan fingerprint density at radius 2 is 1.83 bits per heavy atom. The summed E-state index contributed by atoms with van der Waals surface area (Å²) < 4.78 is 4.56. The molecule has 8 heteroatoms. The first-order valence-corrected chi connectivity index (χ1v) is 5.40. The topological polar surface area (TPSA) is 122 Å². The van der Waals surface area contributed by atoms with Crippen molar-refractivity contribution in [1.29, 1.82) is 0 Å². The molecule has 0 aromatic heterocycles. The van der Waals surface area contributed by atoms with Gasteiger partial charge in [0.05, 0.1) is 6.61 Å². The molecular weight excluding hydrogens is 244 g/mol. The molecule has 102 valence electrons. The van der Waals surface area contributed by atoms with Gasteiger partial charge < -0.3 is 15.2 Å².